The Bertz CT molecular complexity index is 942. The lowest BCUT2D eigenvalue weighted by atomic mass is 9.70. The molecular formula is C24H32ClN3O3S. The molecule has 6 nitrogen and oxygen atoms in total. The number of benzene rings is 1. The number of aromatic nitrogens is 1. The zero-order valence-corrected chi connectivity index (χ0v) is 20.9. The van der Waals surface area contributed by atoms with Crippen molar-refractivity contribution >= 4 is 39.9 Å². The highest BCUT2D eigenvalue weighted by Gasteiger charge is 2.40. The molecule has 0 aliphatic carbocycles. The van der Waals surface area contributed by atoms with E-state index in [0.717, 1.165) is 11.4 Å². The molecule has 1 saturated heterocycles. The van der Waals surface area contributed by atoms with Crippen molar-refractivity contribution in [2.45, 2.75) is 53.0 Å². The Hall–Kier alpha value is -2.12. The minimum atomic E-state index is -0.449. The van der Waals surface area contributed by atoms with E-state index in [1.165, 1.54) is 16.9 Å². The molecule has 1 aromatic heterocycles. The van der Waals surface area contributed by atoms with Gasteiger partial charge < -0.3 is 15.0 Å². The summed E-state index contributed by atoms with van der Waals surface area (Å²) in [4.78, 5) is 31.7. The second kappa shape index (κ2) is 10.2. The van der Waals surface area contributed by atoms with Crippen LogP contribution in [0.5, 0.6) is 0 Å². The topological polar surface area (TPSA) is 71.5 Å². The number of hydrogen-bond donors (Lipinski definition) is 1. The molecule has 2 unspecified atom stereocenters. The highest BCUT2D eigenvalue weighted by atomic mass is 35.5. The monoisotopic (exact) mass is 477 g/mol. The zero-order chi connectivity index (χ0) is 23.5. The van der Waals surface area contributed by atoms with E-state index >= 15 is 0 Å². The molecule has 1 aliphatic heterocycles. The number of rotatable bonds is 7. The first-order valence-electron chi connectivity index (χ1n) is 11.1. The first-order chi connectivity index (χ1) is 15.1. The summed E-state index contributed by atoms with van der Waals surface area (Å²) in [6, 6.07) is 7.63. The van der Waals surface area contributed by atoms with Crippen LogP contribution in [0, 0.1) is 11.3 Å². The molecule has 3 rings (SSSR count). The van der Waals surface area contributed by atoms with Gasteiger partial charge in [-0.3, -0.25) is 4.79 Å². The van der Waals surface area contributed by atoms with Gasteiger partial charge in [-0.2, -0.15) is 0 Å². The first-order valence-corrected chi connectivity index (χ1v) is 12.3. The summed E-state index contributed by atoms with van der Waals surface area (Å²) in [6.07, 6.45) is 0.898. The van der Waals surface area contributed by atoms with Crippen LogP contribution in [0.4, 0.5) is 5.13 Å². The van der Waals surface area contributed by atoms with Gasteiger partial charge in [-0.25, -0.2) is 9.78 Å². The lowest BCUT2D eigenvalue weighted by Gasteiger charge is -2.45. The maximum atomic E-state index is 13.5. The fourth-order valence-electron chi connectivity index (χ4n) is 4.34. The van der Waals surface area contributed by atoms with Gasteiger partial charge in [0.1, 0.15) is 6.04 Å². The van der Waals surface area contributed by atoms with Crippen LogP contribution in [0.15, 0.2) is 29.6 Å². The van der Waals surface area contributed by atoms with Crippen molar-refractivity contribution in [3.63, 3.8) is 0 Å². The minimum absolute atomic E-state index is 0.0644. The van der Waals surface area contributed by atoms with E-state index in [2.05, 4.69) is 36.3 Å². The molecule has 0 saturated carbocycles. The van der Waals surface area contributed by atoms with Gasteiger partial charge in [0, 0.05) is 23.5 Å². The van der Waals surface area contributed by atoms with Crippen LogP contribution >= 0.6 is 22.9 Å². The van der Waals surface area contributed by atoms with E-state index in [1.54, 1.807) is 12.3 Å². The summed E-state index contributed by atoms with van der Waals surface area (Å²) in [6.45, 7) is 11.9. The number of nitrogens with zero attached hydrogens (tertiary/aromatic N) is 2. The Morgan fingerprint density at radius 2 is 2.00 bits per heavy atom. The molecule has 174 valence electrons. The molecule has 0 radical (unpaired) electrons. The summed E-state index contributed by atoms with van der Waals surface area (Å²) in [5, 5.41) is 6.20. The third-order valence-corrected chi connectivity index (χ3v) is 7.04. The van der Waals surface area contributed by atoms with Crippen LogP contribution in [-0.4, -0.2) is 47.5 Å². The Morgan fingerprint density at radius 1 is 1.31 bits per heavy atom. The molecule has 1 aromatic carbocycles. The van der Waals surface area contributed by atoms with Crippen molar-refractivity contribution in [1.82, 2.24) is 9.88 Å². The molecule has 8 heteroatoms. The largest absolute Gasteiger partial charge is 0.461 e. The third kappa shape index (κ3) is 5.62. The van der Waals surface area contributed by atoms with Crippen LogP contribution in [0.3, 0.4) is 0 Å². The molecule has 0 spiro atoms. The molecule has 1 aliphatic rings. The Morgan fingerprint density at radius 3 is 2.59 bits per heavy atom. The summed E-state index contributed by atoms with van der Waals surface area (Å²) >= 11 is 7.37. The van der Waals surface area contributed by atoms with Crippen LogP contribution in [0.1, 0.15) is 63.0 Å². The van der Waals surface area contributed by atoms with Gasteiger partial charge in [0.15, 0.2) is 10.8 Å². The van der Waals surface area contributed by atoms with Crippen molar-refractivity contribution in [2.24, 2.45) is 11.3 Å². The highest BCUT2D eigenvalue weighted by Crippen LogP contribution is 2.42. The number of amides is 1. The van der Waals surface area contributed by atoms with Crippen molar-refractivity contribution in [1.29, 1.82) is 0 Å². The third-order valence-electron chi connectivity index (χ3n) is 6.01. The number of hydrogen-bond acceptors (Lipinski definition) is 6. The van der Waals surface area contributed by atoms with Gasteiger partial charge in [-0.05, 0) is 48.3 Å². The summed E-state index contributed by atoms with van der Waals surface area (Å²) in [5.41, 5.74) is 1.46. The summed E-state index contributed by atoms with van der Waals surface area (Å²) in [5.74, 6) is 0.0423. The standard InChI is InChI=1S/C24H32ClN3O3S/c1-6-31-22(30)19-13-32-23(26-19)27-20(15(2)3)21(29)28-12-11-18(24(4,5)14-28)16-7-9-17(25)10-8-16/h7-10,13,15,18,20H,6,11-12,14H2,1-5H3,(H,26,27). The molecule has 0 bridgehead atoms. The predicted octanol–water partition coefficient (Wildman–Crippen LogP) is 5.45. The molecule has 1 amide bonds. The number of thiazole rings is 1. The number of carbonyl (C=O) groups is 2. The maximum absolute atomic E-state index is 13.5. The van der Waals surface area contributed by atoms with E-state index in [-0.39, 0.29) is 22.9 Å². The molecular weight excluding hydrogens is 446 g/mol. The van der Waals surface area contributed by atoms with Crippen molar-refractivity contribution in [3.05, 3.63) is 45.9 Å². The first kappa shape index (κ1) is 24.5. The lowest BCUT2D eigenvalue weighted by molar-refractivity contribution is -0.136. The summed E-state index contributed by atoms with van der Waals surface area (Å²) in [7, 11) is 0. The zero-order valence-electron chi connectivity index (χ0n) is 19.4. The van der Waals surface area contributed by atoms with Gasteiger partial charge in [-0.15, -0.1) is 11.3 Å². The lowest BCUT2D eigenvalue weighted by Crippen LogP contribution is -2.53. The number of esters is 1. The Labute approximate surface area is 199 Å². The molecule has 32 heavy (non-hydrogen) atoms. The summed E-state index contributed by atoms with van der Waals surface area (Å²) < 4.78 is 5.01. The van der Waals surface area contributed by atoms with Gasteiger partial charge in [0.2, 0.25) is 5.91 Å². The minimum Gasteiger partial charge on any atom is -0.461 e. The Balaban J connectivity index is 1.70. The fourth-order valence-corrected chi connectivity index (χ4v) is 5.18. The number of anilines is 1. The second-order valence-corrected chi connectivity index (χ2v) is 10.6. The molecule has 2 heterocycles. The average Bonchev–Trinajstić information content (AvgIpc) is 3.20. The van der Waals surface area contributed by atoms with Crippen LogP contribution in [0.25, 0.3) is 0 Å². The Kier molecular flexibility index (Phi) is 7.83. The van der Waals surface area contributed by atoms with Crippen LogP contribution in [0.2, 0.25) is 5.02 Å². The molecule has 2 aromatic rings. The number of nitrogens with one attached hydrogen (secondary N) is 1. The van der Waals surface area contributed by atoms with Crippen LogP contribution < -0.4 is 5.32 Å². The number of halogens is 1. The predicted molar refractivity (Wildman–Crippen MR) is 129 cm³/mol. The number of ether oxygens (including phenoxy) is 1. The average molecular weight is 478 g/mol. The van der Waals surface area contributed by atoms with E-state index in [1.807, 2.05) is 30.9 Å². The van der Waals surface area contributed by atoms with E-state index in [0.29, 0.717) is 30.7 Å². The van der Waals surface area contributed by atoms with Crippen molar-refractivity contribution in [2.75, 3.05) is 25.0 Å². The fraction of sp³-hybridized carbons (Fsp3) is 0.542. The number of carbonyl (C=O) groups excluding carboxylic acids is 2. The van der Waals surface area contributed by atoms with E-state index in [4.69, 9.17) is 16.3 Å². The van der Waals surface area contributed by atoms with Crippen LogP contribution in [-0.2, 0) is 9.53 Å². The molecule has 1 fully saturated rings. The van der Waals surface area contributed by atoms with E-state index in [9.17, 15) is 9.59 Å². The SMILES string of the molecule is CCOC(=O)c1csc(NC(C(=O)N2CCC(c3ccc(Cl)cc3)C(C)(C)C2)C(C)C)n1. The van der Waals surface area contributed by atoms with Crippen molar-refractivity contribution in [3.8, 4) is 0 Å². The second-order valence-electron chi connectivity index (χ2n) is 9.27. The molecule has 2 atom stereocenters. The smallest absolute Gasteiger partial charge is 0.357 e. The van der Waals surface area contributed by atoms with Crippen molar-refractivity contribution < 1.29 is 14.3 Å². The van der Waals surface area contributed by atoms with E-state index < -0.39 is 12.0 Å². The number of likely N-dealkylation sites (tertiary alicyclic amines) is 1. The number of piperidine rings is 1. The normalized spacial score (nSPS) is 19.0. The van der Waals surface area contributed by atoms with Gasteiger partial charge in [0.25, 0.3) is 0 Å². The van der Waals surface area contributed by atoms with Gasteiger partial charge in [0.05, 0.1) is 6.61 Å². The quantitative estimate of drug-likeness (QED) is 0.536. The highest BCUT2D eigenvalue weighted by molar-refractivity contribution is 7.13. The maximum Gasteiger partial charge on any atom is 0.357 e. The molecule has 1 N–H and O–H groups in total. The van der Waals surface area contributed by atoms with Gasteiger partial charge in [-0.1, -0.05) is 51.4 Å². The van der Waals surface area contributed by atoms with Gasteiger partial charge >= 0.3 is 5.97 Å².